The molecule has 0 bridgehead atoms. The standard InChI is InChI=1S/C7H10NOPS/c1-6-2-4-7(5-3-6)8-11(9)10/h2-5,8H,10H2,1H3. The molecule has 1 aromatic carbocycles. The van der Waals surface area contributed by atoms with Crippen LogP contribution in [0.25, 0.3) is 0 Å². The molecule has 11 heavy (non-hydrogen) atoms. The van der Waals surface area contributed by atoms with E-state index >= 15 is 0 Å². The molecule has 0 aliphatic rings. The number of benzene rings is 1. The fraction of sp³-hybridized carbons (Fsp3) is 0.143. The van der Waals surface area contributed by atoms with Crippen molar-refractivity contribution in [3.8, 4) is 0 Å². The first-order valence-electron chi connectivity index (χ1n) is 3.18. The van der Waals surface area contributed by atoms with Crippen LogP contribution in [0.5, 0.6) is 0 Å². The van der Waals surface area contributed by atoms with Crippen LogP contribution in [0.15, 0.2) is 24.3 Å². The highest BCUT2D eigenvalue weighted by Gasteiger charge is 1.91. The molecule has 2 nitrogen and oxygen atoms in total. The largest absolute Gasteiger partial charge is 0.302 e. The Kier molecular flexibility index (Phi) is 3.03. The number of hydrogen-bond donors (Lipinski definition) is 1. The zero-order valence-corrected chi connectivity index (χ0v) is 8.17. The summed E-state index contributed by atoms with van der Waals surface area (Å²) in [6, 6.07) is 7.74. The van der Waals surface area contributed by atoms with Gasteiger partial charge in [-0.05, 0) is 27.5 Å². The molecule has 0 fully saturated rings. The molecule has 60 valence electrons. The van der Waals surface area contributed by atoms with Crippen LogP contribution in [0.1, 0.15) is 5.56 Å². The van der Waals surface area contributed by atoms with Gasteiger partial charge in [0.25, 0.3) is 0 Å². The van der Waals surface area contributed by atoms with E-state index in [0.29, 0.717) is 0 Å². The molecule has 2 unspecified atom stereocenters. The second kappa shape index (κ2) is 3.84. The van der Waals surface area contributed by atoms with Gasteiger partial charge in [0.05, 0.1) is 0 Å². The Hall–Kier alpha value is -0.400. The Morgan fingerprint density at radius 1 is 1.36 bits per heavy atom. The third kappa shape index (κ3) is 3.00. The summed E-state index contributed by atoms with van der Waals surface area (Å²) in [4.78, 5) is 0. The lowest BCUT2D eigenvalue weighted by molar-refractivity contribution is 0.694. The quantitative estimate of drug-likeness (QED) is 0.703. The summed E-state index contributed by atoms with van der Waals surface area (Å²) < 4.78 is 13.4. The van der Waals surface area contributed by atoms with E-state index in [9.17, 15) is 4.21 Å². The Labute approximate surface area is 70.9 Å². The van der Waals surface area contributed by atoms with Crippen LogP contribution in [0.4, 0.5) is 5.69 Å². The fourth-order valence-corrected chi connectivity index (χ4v) is 1.51. The molecular formula is C7H10NOPS. The number of rotatable bonds is 2. The molecule has 0 aliphatic heterocycles. The van der Waals surface area contributed by atoms with Crippen molar-refractivity contribution in [2.24, 2.45) is 0 Å². The molecule has 0 amide bonds. The SMILES string of the molecule is Cc1ccc(NS(=O)P)cc1. The third-order valence-corrected chi connectivity index (χ3v) is 2.06. The van der Waals surface area contributed by atoms with Gasteiger partial charge in [-0.1, -0.05) is 17.7 Å². The van der Waals surface area contributed by atoms with Gasteiger partial charge < -0.3 is 4.72 Å². The van der Waals surface area contributed by atoms with Crippen molar-refractivity contribution in [1.29, 1.82) is 0 Å². The second-order valence-electron chi connectivity index (χ2n) is 2.27. The van der Waals surface area contributed by atoms with Crippen LogP contribution in [0.2, 0.25) is 0 Å². The van der Waals surface area contributed by atoms with Gasteiger partial charge in [0, 0.05) is 5.69 Å². The third-order valence-electron chi connectivity index (χ3n) is 1.27. The molecule has 4 heteroatoms. The van der Waals surface area contributed by atoms with Crippen LogP contribution in [0, 0.1) is 6.92 Å². The van der Waals surface area contributed by atoms with Gasteiger partial charge in [-0.15, -0.1) is 0 Å². The molecular weight excluding hydrogens is 177 g/mol. The Morgan fingerprint density at radius 3 is 2.36 bits per heavy atom. The van der Waals surface area contributed by atoms with Gasteiger partial charge in [-0.3, -0.25) is 0 Å². The van der Waals surface area contributed by atoms with E-state index in [0.717, 1.165) is 5.69 Å². The maximum atomic E-state index is 10.7. The van der Waals surface area contributed by atoms with Crippen molar-refractivity contribution in [3.63, 3.8) is 0 Å². The van der Waals surface area contributed by atoms with Crippen molar-refractivity contribution in [1.82, 2.24) is 0 Å². The Bertz CT molecular complexity index is 260. The average molecular weight is 187 g/mol. The first-order valence-corrected chi connectivity index (χ1v) is 5.81. The summed E-state index contributed by atoms with van der Waals surface area (Å²) in [6.07, 6.45) is 0. The summed E-state index contributed by atoms with van der Waals surface area (Å²) in [5, 5.41) is 0. The first kappa shape index (κ1) is 8.69. The molecule has 0 aromatic heterocycles. The number of hydrogen-bond acceptors (Lipinski definition) is 1. The maximum Gasteiger partial charge on any atom is 0.132 e. The van der Waals surface area contributed by atoms with Crippen LogP contribution in [-0.2, 0) is 10.6 Å². The van der Waals surface area contributed by atoms with Crippen LogP contribution in [0.3, 0.4) is 0 Å². The van der Waals surface area contributed by atoms with E-state index < -0.39 is 10.6 Å². The first-order chi connectivity index (χ1) is 5.18. The summed E-state index contributed by atoms with van der Waals surface area (Å²) in [6.45, 7) is 2.02. The molecule has 0 spiro atoms. The van der Waals surface area contributed by atoms with E-state index in [4.69, 9.17) is 0 Å². The monoisotopic (exact) mass is 187 g/mol. The molecule has 1 N–H and O–H groups in total. The maximum absolute atomic E-state index is 10.7. The van der Waals surface area contributed by atoms with Crippen molar-refractivity contribution in [2.75, 3.05) is 4.72 Å². The molecule has 1 rings (SSSR count). The van der Waals surface area contributed by atoms with Crippen LogP contribution < -0.4 is 4.72 Å². The lowest BCUT2D eigenvalue weighted by Gasteiger charge is -2.00. The molecule has 2 atom stereocenters. The number of nitrogens with one attached hydrogen (secondary N) is 1. The van der Waals surface area contributed by atoms with Gasteiger partial charge in [0.1, 0.15) is 10.6 Å². The van der Waals surface area contributed by atoms with Gasteiger partial charge in [0.15, 0.2) is 0 Å². The van der Waals surface area contributed by atoms with E-state index in [-0.39, 0.29) is 0 Å². The van der Waals surface area contributed by atoms with Gasteiger partial charge in [-0.25, -0.2) is 4.21 Å². The summed E-state index contributed by atoms with van der Waals surface area (Å²) >= 11 is 0. The summed E-state index contributed by atoms with van der Waals surface area (Å²) in [7, 11) is 1.12. The van der Waals surface area contributed by atoms with E-state index in [1.807, 2.05) is 31.2 Å². The lowest BCUT2D eigenvalue weighted by atomic mass is 10.2. The van der Waals surface area contributed by atoms with Gasteiger partial charge in [-0.2, -0.15) is 0 Å². The molecule has 0 saturated carbocycles. The normalized spacial score (nSPS) is 12.5. The highest BCUT2D eigenvalue weighted by molar-refractivity contribution is 8.34. The fourth-order valence-electron chi connectivity index (χ4n) is 0.738. The van der Waals surface area contributed by atoms with Crippen LogP contribution in [-0.4, -0.2) is 4.21 Å². The number of aryl methyl sites for hydroxylation is 1. The average Bonchev–Trinajstić information content (AvgIpc) is 1.93. The minimum Gasteiger partial charge on any atom is -0.302 e. The van der Waals surface area contributed by atoms with E-state index in [2.05, 4.69) is 13.2 Å². The molecule has 0 radical (unpaired) electrons. The van der Waals surface area contributed by atoms with Crippen molar-refractivity contribution >= 4 is 24.7 Å². The van der Waals surface area contributed by atoms with Crippen LogP contribution >= 0.6 is 8.44 Å². The zero-order chi connectivity index (χ0) is 8.27. The number of anilines is 1. The molecule has 0 aliphatic carbocycles. The predicted molar refractivity (Wildman–Crippen MR) is 52.7 cm³/mol. The summed E-state index contributed by atoms with van der Waals surface area (Å²) in [5.41, 5.74) is 2.08. The second-order valence-corrected chi connectivity index (χ2v) is 4.35. The zero-order valence-electron chi connectivity index (χ0n) is 6.20. The van der Waals surface area contributed by atoms with E-state index in [1.165, 1.54) is 5.56 Å². The van der Waals surface area contributed by atoms with Crippen molar-refractivity contribution in [3.05, 3.63) is 29.8 Å². The Morgan fingerprint density at radius 2 is 1.91 bits per heavy atom. The summed E-state index contributed by atoms with van der Waals surface area (Å²) in [5.74, 6) is 0. The Balaban J connectivity index is 2.74. The van der Waals surface area contributed by atoms with Crippen molar-refractivity contribution in [2.45, 2.75) is 6.92 Å². The topological polar surface area (TPSA) is 29.1 Å². The predicted octanol–water partition coefficient (Wildman–Crippen LogP) is 1.86. The minimum atomic E-state index is -1.06. The lowest BCUT2D eigenvalue weighted by Crippen LogP contribution is -1.94. The highest BCUT2D eigenvalue weighted by atomic mass is 32.7. The molecule has 1 aromatic rings. The smallest absolute Gasteiger partial charge is 0.132 e. The van der Waals surface area contributed by atoms with E-state index in [1.54, 1.807) is 0 Å². The highest BCUT2D eigenvalue weighted by Crippen LogP contribution is 2.10. The van der Waals surface area contributed by atoms with Gasteiger partial charge >= 0.3 is 0 Å². The molecule has 0 heterocycles. The van der Waals surface area contributed by atoms with Crippen molar-refractivity contribution < 1.29 is 4.21 Å². The minimum absolute atomic E-state index is 0.879. The van der Waals surface area contributed by atoms with Gasteiger partial charge in [0.2, 0.25) is 0 Å². The molecule has 0 saturated heterocycles.